The molecule has 0 saturated carbocycles. The minimum Gasteiger partial charge on any atom is -0.493 e. The van der Waals surface area contributed by atoms with Crippen LogP contribution in [-0.2, 0) is 17.8 Å². The predicted octanol–water partition coefficient (Wildman–Crippen LogP) is 9.71. The lowest BCUT2D eigenvalue weighted by Gasteiger charge is -2.16. The Labute approximate surface area is 253 Å². The fourth-order valence-corrected chi connectivity index (χ4v) is 5.92. The van der Waals surface area contributed by atoms with E-state index >= 15 is 0 Å². The highest BCUT2D eigenvalue weighted by molar-refractivity contribution is 8.02. The van der Waals surface area contributed by atoms with E-state index in [1.165, 1.54) is 89.0 Å². The van der Waals surface area contributed by atoms with Crippen LogP contribution in [0.1, 0.15) is 108 Å². The molecular formula is C35H52N2O3S. The summed E-state index contributed by atoms with van der Waals surface area (Å²) >= 11 is 1.80. The Hall–Kier alpha value is -2.60. The smallest absolute Gasteiger partial charge is 0.228 e. The Morgan fingerprint density at radius 2 is 1.49 bits per heavy atom. The largest absolute Gasteiger partial charge is 0.493 e. The van der Waals surface area contributed by atoms with Crippen molar-refractivity contribution in [2.24, 2.45) is 0 Å². The molecule has 6 heteroatoms. The summed E-state index contributed by atoms with van der Waals surface area (Å²) in [6.07, 6.45) is 21.0. The first-order valence-corrected chi connectivity index (χ1v) is 16.9. The van der Waals surface area contributed by atoms with E-state index in [1.54, 1.807) is 18.9 Å². The van der Waals surface area contributed by atoms with Crippen molar-refractivity contribution in [3.8, 4) is 11.5 Å². The molecule has 1 amide bonds. The van der Waals surface area contributed by atoms with E-state index < -0.39 is 0 Å². The molecule has 0 spiro atoms. The molecular weight excluding hydrogens is 528 g/mol. The van der Waals surface area contributed by atoms with Crippen molar-refractivity contribution in [2.75, 3.05) is 24.9 Å². The van der Waals surface area contributed by atoms with Crippen molar-refractivity contribution in [3.05, 3.63) is 65.2 Å². The first-order valence-electron chi connectivity index (χ1n) is 15.9. The van der Waals surface area contributed by atoms with E-state index in [4.69, 9.17) is 9.47 Å². The number of para-hydroxylation sites is 1. The molecule has 41 heavy (non-hydrogen) atoms. The summed E-state index contributed by atoms with van der Waals surface area (Å²) in [7, 11) is 1.65. The number of unbranched alkanes of at least 4 members (excludes halogenated alkanes) is 13. The average Bonchev–Trinajstić information content (AvgIpc) is 3.49. The number of benzene rings is 2. The number of hydrogen-bond acceptors (Lipinski definition) is 5. The van der Waals surface area contributed by atoms with E-state index in [2.05, 4.69) is 40.9 Å². The second kappa shape index (κ2) is 20.3. The molecule has 5 nitrogen and oxygen atoms in total. The Morgan fingerprint density at radius 1 is 0.854 bits per heavy atom. The first-order chi connectivity index (χ1) is 20.2. The molecule has 226 valence electrons. The van der Waals surface area contributed by atoms with Gasteiger partial charge in [0.15, 0.2) is 11.5 Å². The molecule has 3 rings (SSSR count). The molecule has 2 aromatic carbocycles. The van der Waals surface area contributed by atoms with Gasteiger partial charge in [-0.2, -0.15) is 0 Å². The monoisotopic (exact) mass is 580 g/mol. The highest BCUT2D eigenvalue weighted by atomic mass is 32.2. The SMILES string of the molecule is CCCCCCCCCCCCCCCCOc1c(CC(=O)Nc2ccc(CN3C=CSC3)cc2)cccc1OC. The fourth-order valence-electron chi connectivity index (χ4n) is 5.21. The minimum atomic E-state index is -0.0637. The van der Waals surface area contributed by atoms with Gasteiger partial charge < -0.3 is 19.7 Å². The molecule has 0 aliphatic carbocycles. The number of carbonyl (C=O) groups excluding carboxylic acids is 1. The number of rotatable bonds is 22. The third-order valence-electron chi connectivity index (χ3n) is 7.61. The summed E-state index contributed by atoms with van der Waals surface area (Å²) in [5, 5.41) is 5.15. The maximum Gasteiger partial charge on any atom is 0.228 e. The van der Waals surface area contributed by atoms with Crippen molar-refractivity contribution in [1.29, 1.82) is 0 Å². The standard InChI is InChI=1S/C35H52N2O3S/c1-3-4-5-6-7-8-9-10-11-12-13-14-15-16-25-40-35-31(18-17-19-33(35)39-2)27-34(38)36-32-22-20-30(21-23-32)28-37-24-26-41-29-37/h17-24,26H,3-16,25,27-29H2,1-2H3,(H,36,38). The third-order valence-corrected chi connectivity index (χ3v) is 8.40. The van der Waals surface area contributed by atoms with Gasteiger partial charge in [-0.3, -0.25) is 4.79 Å². The highest BCUT2D eigenvalue weighted by Gasteiger charge is 2.14. The maximum atomic E-state index is 12.9. The number of ether oxygens (including phenoxy) is 2. The van der Waals surface area contributed by atoms with Crippen LogP contribution in [0.2, 0.25) is 0 Å². The summed E-state index contributed by atoms with van der Waals surface area (Å²) in [5.74, 6) is 2.29. The number of hydrogen-bond donors (Lipinski definition) is 1. The second-order valence-corrected chi connectivity index (χ2v) is 12.0. The Balaban J connectivity index is 1.31. The minimum absolute atomic E-state index is 0.0637. The van der Waals surface area contributed by atoms with Crippen LogP contribution in [0.5, 0.6) is 11.5 Å². The van der Waals surface area contributed by atoms with Crippen LogP contribution in [0.15, 0.2) is 54.1 Å². The van der Waals surface area contributed by atoms with E-state index in [0.29, 0.717) is 18.1 Å². The number of thioether (sulfide) groups is 1. The Bertz CT molecular complexity index is 1020. The van der Waals surface area contributed by atoms with Gasteiger partial charge in [-0.15, -0.1) is 11.8 Å². The van der Waals surface area contributed by atoms with Gasteiger partial charge in [0.25, 0.3) is 0 Å². The van der Waals surface area contributed by atoms with Gasteiger partial charge in [-0.05, 0) is 35.6 Å². The lowest BCUT2D eigenvalue weighted by atomic mass is 10.0. The van der Waals surface area contributed by atoms with Crippen LogP contribution in [-0.4, -0.2) is 30.4 Å². The number of nitrogens with zero attached hydrogens (tertiary/aromatic N) is 1. The summed E-state index contributed by atoms with van der Waals surface area (Å²) in [5.41, 5.74) is 2.88. The second-order valence-electron chi connectivity index (χ2n) is 11.1. The molecule has 2 aromatic rings. The number of amides is 1. The van der Waals surface area contributed by atoms with Crippen LogP contribution in [0.3, 0.4) is 0 Å². The van der Waals surface area contributed by atoms with Gasteiger partial charge in [0, 0.05) is 24.0 Å². The molecule has 0 saturated heterocycles. The van der Waals surface area contributed by atoms with Crippen molar-refractivity contribution in [1.82, 2.24) is 4.90 Å². The zero-order valence-electron chi connectivity index (χ0n) is 25.5. The number of methoxy groups -OCH3 is 1. The number of nitrogens with one attached hydrogen (secondary N) is 1. The quantitative estimate of drug-likeness (QED) is 0.141. The van der Waals surface area contributed by atoms with E-state index in [9.17, 15) is 4.79 Å². The molecule has 1 N–H and O–H groups in total. The molecule has 0 bridgehead atoms. The van der Waals surface area contributed by atoms with Crippen LogP contribution in [0.4, 0.5) is 5.69 Å². The highest BCUT2D eigenvalue weighted by Crippen LogP contribution is 2.32. The van der Waals surface area contributed by atoms with Crippen LogP contribution in [0.25, 0.3) is 0 Å². The lowest BCUT2D eigenvalue weighted by molar-refractivity contribution is -0.115. The molecule has 1 aliphatic rings. The molecule has 0 fully saturated rings. The van der Waals surface area contributed by atoms with Gasteiger partial charge in [0.1, 0.15) is 0 Å². The molecule has 0 unspecified atom stereocenters. The predicted molar refractivity (Wildman–Crippen MR) is 175 cm³/mol. The average molecular weight is 581 g/mol. The zero-order chi connectivity index (χ0) is 29.0. The van der Waals surface area contributed by atoms with Crippen molar-refractivity contribution in [2.45, 2.75) is 110 Å². The van der Waals surface area contributed by atoms with Crippen molar-refractivity contribution < 1.29 is 14.3 Å². The van der Waals surface area contributed by atoms with Gasteiger partial charge in [0.05, 0.1) is 26.0 Å². The molecule has 0 atom stereocenters. The number of anilines is 1. The van der Waals surface area contributed by atoms with Gasteiger partial charge in [-0.1, -0.05) is 115 Å². The Kier molecular flexibility index (Phi) is 16.3. The van der Waals surface area contributed by atoms with Crippen molar-refractivity contribution >= 4 is 23.4 Å². The summed E-state index contributed by atoms with van der Waals surface area (Å²) in [6.45, 7) is 3.79. The topological polar surface area (TPSA) is 50.8 Å². The zero-order valence-corrected chi connectivity index (χ0v) is 26.3. The third kappa shape index (κ3) is 13.3. The van der Waals surface area contributed by atoms with Crippen molar-refractivity contribution in [3.63, 3.8) is 0 Å². The van der Waals surface area contributed by atoms with E-state index in [-0.39, 0.29) is 12.3 Å². The van der Waals surface area contributed by atoms with E-state index in [0.717, 1.165) is 30.1 Å². The summed E-state index contributed by atoms with van der Waals surface area (Å²) < 4.78 is 11.7. The van der Waals surface area contributed by atoms with Crippen LogP contribution in [0, 0.1) is 0 Å². The maximum absolute atomic E-state index is 12.9. The Morgan fingerprint density at radius 3 is 2.07 bits per heavy atom. The van der Waals surface area contributed by atoms with Crippen LogP contribution >= 0.6 is 11.8 Å². The summed E-state index contributed by atoms with van der Waals surface area (Å²) in [6, 6.07) is 13.9. The molecule has 0 radical (unpaired) electrons. The molecule has 0 aromatic heterocycles. The normalized spacial score (nSPS) is 12.6. The fraction of sp³-hybridized carbons (Fsp3) is 0.571. The molecule has 1 heterocycles. The number of carbonyl (C=O) groups is 1. The summed E-state index contributed by atoms with van der Waals surface area (Å²) in [4.78, 5) is 15.1. The van der Waals surface area contributed by atoms with Crippen LogP contribution < -0.4 is 14.8 Å². The van der Waals surface area contributed by atoms with Gasteiger partial charge in [0.2, 0.25) is 5.91 Å². The lowest BCUT2D eigenvalue weighted by Crippen LogP contribution is -2.16. The first kappa shape index (κ1) is 32.9. The van der Waals surface area contributed by atoms with E-state index in [1.807, 2.05) is 30.3 Å². The van der Waals surface area contributed by atoms with Gasteiger partial charge >= 0.3 is 0 Å². The molecule has 1 aliphatic heterocycles. The van der Waals surface area contributed by atoms with Gasteiger partial charge in [-0.25, -0.2) is 0 Å².